The Morgan fingerprint density at radius 2 is 1.00 bits per heavy atom. The van der Waals surface area contributed by atoms with Crippen molar-refractivity contribution in [2.24, 2.45) is 0 Å². The van der Waals surface area contributed by atoms with Crippen molar-refractivity contribution in [1.82, 2.24) is 0 Å². The summed E-state index contributed by atoms with van der Waals surface area (Å²) in [6, 6.07) is 0. The Morgan fingerprint density at radius 1 is 1.00 bits per heavy atom. The number of rotatable bonds is 0. The number of hydrogen-bond acceptors (Lipinski definition) is 0. The Morgan fingerprint density at radius 3 is 1.00 bits per heavy atom. The minimum atomic E-state index is 0. The van der Waals surface area contributed by atoms with Crippen molar-refractivity contribution in [2.45, 2.75) is 0 Å². The molecule has 0 radical (unpaired) electrons. The van der Waals surface area contributed by atoms with Gasteiger partial charge < -0.3 is 5.48 Å². The summed E-state index contributed by atoms with van der Waals surface area (Å²) in [6.07, 6.45) is 0. The molecule has 0 bridgehead atoms. The minimum Gasteiger partial charge on any atom is -0.412 e. The zero-order chi connectivity index (χ0) is 0. The molecule has 0 atom stereocenters. The second-order valence-corrected chi connectivity index (χ2v) is 0. The SMILES string of the molecule is O.[AlH3].[Hf].[MgH2]. The Labute approximate surface area is 70.9 Å². The van der Waals surface area contributed by atoms with Crippen molar-refractivity contribution in [1.29, 1.82) is 0 Å². The first kappa shape index (κ1) is 35.6. The van der Waals surface area contributed by atoms with Crippen molar-refractivity contribution in [3.05, 3.63) is 0 Å². The van der Waals surface area contributed by atoms with Gasteiger partial charge in [0, 0.05) is 25.8 Å². The van der Waals surface area contributed by atoms with Gasteiger partial charge in [-0.2, -0.15) is 0 Å². The van der Waals surface area contributed by atoms with E-state index >= 15 is 0 Å². The molecule has 1 nitrogen and oxygen atoms in total. The predicted octanol–water partition coefficient (Wildman–Crippen LogP) is -2.93. The van der Waals surface area contributed by atoms with Gasteiger partial charge in [-0.3, -0.25) is 0 Å². The van der Waals surface area contributed by atoms with E-state index in [9.17, 15) is 0 Å². The van der Waals surface area contributed by atoms with E-state index in [0.29, 0.717) is 0 Å². The zero-order valence-corrected chi connectivity index (χ0v) is 4.59. The van der Waals surface area contributed by atoms with Gasteiger partial charge >= 0.3 is 23.1 Å². The number of hydrogen-bond donors (Lipinski definition) is 0. The molecule has 0 aromatic heterocycles. The van der Waals surface area contributed by atoms with E-state index in [-0.39, 0.29) is 71.7 Å². The predicted molar refractivity (Wildman–Crippen MR) is 22.1 cm³/mol. The molecule has 0 aliphatic carbocycles. The third kappa shape index (κ3) is 8.92. The van der Waals surface area contributed by atoms with Crippen LogP contribution in [0.4, 0.5) is 0 Å². The van der Waals surface area contributed by atoms with E-state index in [1.54, 1.807) is 0 Å². The molecule has 0 spiro atoms. The van der Waals surface area contributed by atoms with Gasteiger partial charge in [-0.1, -0.05) is 0 Å². The van der Waals surface area contributed by atoms with Crippen molar-refractivity contribution in [3.63, 3.8) is 0 Å². The topological polar surface area (TPSA) is 31.5 Å². The molecule has 0 aliphatic rings. The van der Waals surface area contributed by atoms with Gasteiger partial charge in [0.05, 0.1) is 0 Å². The fraction of sp³-hybridized carbons (Fsp3) is 0. The quantitative estimate of drug-likeness (QED) is 0.414. The Bertz CT molecular complexity index is 8.00. The van der Waals surface area contributed by atoms with Gasteiger partial charge in [0.15, 0.2) is 17.4 Å². The Balaban J connectivity index is 0. The van der Waals surface area contributed by atoms with Crippen LogP contribution in [0, 0.1) is 0 Å². The maximum Gasteiger partial charge on any atom is 0.316 e. The zero-order valence-electron chi connectivity index (χ0n) is 1.00. The standard InChI is InChI=1S/Al.Hf.Mg.H2O.5H/h;;;1H2;;;;;. The molecule has 0 unspecified atom stereocenters. The van der Waals surface area contributed by atoms with Crippen LogP contribution in [0.15, 0.2) is 0 Å². The first-order chi connectivity index (χ1) is 0. The van der Waals surface area contributed by atoms with Gasteiger partial charge in [0.1, 0.15) is 0 Å². The van der Waals surface area contributed by atoms with Crippen LogP contribution in [0.25, 0.3) is 0 Å². The molecule has 0 aromatic rings. The van der Waals surface area contributed by atoms with E-state index < -0.39 is 0 Å². The van der Waals surface area contributed by atoms with Crippen LogP contribution >= 0.6 is 0 Å². The summed E-state index contributed by atoms with van der Waals surface area (Å²) in [5.74, 6) is 0. The Hall–Kier alpha value is 2.13. The van der Waals surface area contributed by atoms with Crippen LogP contribution < -0.4 is 0 Å². The largest absolute Gasteiger partial charge is 0.412 e. The van der Waals surface area contributed by atoms with Crippen molar-refractivity contribution >= 4 is 40.4 Å². The van der Waals surface area contributed by atoms with E-state index in [0.717, 1.165) is 0 Å². The summed E-state index contributed by atoms with van der Waals surface area (Å²) in [6.45, 7) is 0. The molecule has 22 valence electrons. The molecule has 2 N–H and O–H groups in total. The maximum absolute atomic E-state index is 0. The molecule has 0 saturated carbocycles. The molecule has 4 heteroatoms. The van der Waals surface area contributed by atoms with Gasteiger partial charge in [0.25, 0.3) is 0 Å². The third-order valence-corrected chi connectivity index (χ3v) is 0. The second kappa shape index (κ2) is 19.3. The molecule has 0 amide bonds. The van der Waals surface area contributed by atoms with Crippen LogP contribution in [0.2, 0.25) is 0 Å². The normalized spacial score (nSPS) is 0. The van der Waals surface area contributed by atoms with Crippen LogP contribution in [0.5, 0.6) is 0 Å². The molecular formula is H7AlHfMgO. The van der Waals surface area contributed by atoms with Gasteiger partial charge in [-0.25, -0.2) is 0 Å². The van der Waals surface area contributed by atoms with E-state index in [1.807, 2.05) is 0 Å². The monoisotopic (exact) mass is 254 g/mol. The molecule has 0 heterocycles. The molecule has 0 rings (SSSR count). The second-order valence-electron chi connectivity index (χ2n) is 0. The van der Waals surface area contributed by atoms with Crippen LogP contribution in [0.3, 0.4) is 0 Å². The van der Waals surface area contributed by atoms with E-state index in [1.165, 1.54) is 0 Å². The fourth-order valence-electron chi connectivity index (χ4n) is 0. The molecule has 0 aromatic carbocycles. The average molecular weight is 253 g/mol. The summed E-state index contributed by atoms with van der Waals surface area (Å²) < 4.78 is 0. The summed E-state index contributed by atoms with van der Waals surface area (Å²) >= 11 is 0. The first-order valence-corrected chi connectivity index (χ1v) is 0. The van der Waals surface area contributed by atoms with Crippen LogP contribution in [0.1, 0.15) is 0 Å². The smallest absolute Gasteiger partial charge is 0.316 e. The fourth-order valence-corrected chi connectivity index (χ4v) is 0. The van der Waals surface area contributed by atoms with E-state index in [2.05, 4.69) is 0 Å². The average Bonchev–Trinajstić information content (AvgIpc) is 0. The Kier molecular flexibility index (Phi) is 172. The molecule has 0 saturated heterocycles. The van der Waals surface area contributed by atoms with Crippen molar-refractivity contribution in [3.8, 4) is 0 Å². The van der Waals surface area contributed by atoms with Gasteiger partial charge in [-0.15, -0.1) is 0 Å². The molecule has 4 heavy (non-hydrogen) atoms. The van der Waals surface area contributed by atoms with Crippen molar-refractivity contribution < 1.29 is 31.3 Å². The van der Waals surface area contributed by atoms with Gasteiger partial charge in [0.2, 0.25) is 0 Å². The summed E-state index contributed by atoms with van der Waals surface area (Å²) in [4.78, 5) is 0. The van der Waals surface area contributed by atoms with Gasteiger partial charge in [-0.05, 0) is 0 Å². The maximum atomic E-state index is 0. The summed E-state index contributed by atoms with van der Waals surface area (Å²) in [7, 11) is 0. The van der Waals surface area contributed by atoms with Crippen LogP contribution in [-0.4, -0.2) is 45.9 Å². The summed E-state index contributed by atoms with van der Waals surface area (Å²) in [5.41, 5.74) is 0. The minimum absolute atomic E-state index is 0. The molecule has 0 fully saturated rings. The summed E-state index contributed by atoms with van der Waals surface area (Å²) in [5, 5.41) is 0. The molecule has 0 aliphatic heterocycles. The third-order valence-electron chi connectivity index (χ3n) is 0. The molecular weight excluding hydrogens is 246 g/mol. The first-order valence-electron chi connectivity index (χ1n) is 0. The van der Waals surface area contributed by atoms with E-state index in [4.69, 9.17) is 0 Å². The van der Waals surface area contributed by atoms with Crippen molar-refractivity contribution in [2.75, 3.05) is 0 Å². The van der Waals surface area contributed by atoms with Crippen LogP contribution in [-0.2, 0) is 25.8 Å².